The fourth-order valence-corrected chi connectivity index (χ4v) is 2.53. The Kier molecular flexibility index (Phi) is 2.03. The predicted octanol–water partition coefficient (Wildman–Crippen LogP) is 1.60. The largest absolute Gasteiger partial charge is 0.480 e. The standard InChI is InChI=1S/C13H13NO3/c1-9-6-10-4-2-3-5-14(10)11(9)13(12(15)16)7-17-8-13/h2-6H,7-8H2,1H3,(H,15,16). The Labute approximate surface area is 98.4 Å². The topological polar surface area (TPSA) is 50.9 Å². The molecule has 1 fully saturated rings. The van der Waals surface area contributed by atoms with Crippen molar-refractivity contribution in [3.63, 3.8) is 0 Å². The first kappa shape index (κ1) is 10.4. The first-order valence-corrected chi connectivity index (χ1v) is 5.53. The van der Waals surface area contributed by atoms with Crippen LogP contribution in [0.1, 0.15) is 11.3 Å². The number of hydrogen-bond donors (Lipinski definition) is 1. The van der Waals surface area contributed by atoms with Gasteiger partial charge >= 0.3 is 5.97 Å². The Morgan fingerprint density at radius 2 is 2.24 bits per heavy atom. The van der Waals surface area contributed by atoms with Crippen LogP contribution in [0.4, 0.5) is 0 Å². The molecule has 88 valence electrons. The van der Waals surface area contributed by atoms with Crippen LogP contribution in [-0.2, 0) is 14.9 Å². The highest BCUT2D eigenvalue weighted by Gasteiger charge is 2.50. The van der Waals surface area contributed by atoms with Crippen molar-refractivity contribution in [3.05, 3.63) is 41.7 Å². The first-order chi connectivity index (χ1) is 8.15. The molecule has 0 atom stereocenters. The normalized spacial score (nSPS) is 17.9. The summed E-state index contributed by atoms with van der Waals surface area (Å²) in [6, 6.07) is 7.85. The molecule has 2 aromatic heterocycles. The second kappa shape index (κ2) is 3.34. The number of carboxylic acid groups (broad SMARTS) is 1. The van der Waals surface area contributed by atoms with E-state index in [1.807, 2.05) is 41.8 Å². The van der Waals surface area contributed by atoms with Gasteiger partial charge in [-0.05, 0) is 30.7 Å². The third kappa shape index (κ3) is 1.24. The summed E-state index contributed by atoms with van der Waals surface area (Å²) in [6.07, 6.45) is 1.90. The fourth-order valence-electron chi connectivity index (χ4n) is 2.53. The zero-order valence-electron chi connectivity index (χ0n) is 9.51. The van der Waals surface area contributed by atoms with Crippen molar-refractivity contribution in [2.75, 3.05) is 13.2 Å². The van der Waals surface area contributed by atoms with Crippen molar-refractivity contribution < 1.29 is 14.6 Å². The number of aryl methyl sites for hydroxylation is 1. The second-order valence-corrected chi connectivity index (χ2v) is 4.55. The smallest absolute Gasteiger partial charge is 0.320 e. The molecule has 1 N–H and O–H groups in total. The van der Waals surface area contributed by atoms with E-state index in [0.29, 0.717) is 0 Å². The van der Waals surface area contributed by atoms with Crippen molar-refractivity contribution in [2.24, 2.45) is 0 Å². The maximum Gasteiger partial charge on any atom is 0.320 e. The molecule has 4 heteroatoms. The molecular weight excluding hydrogens is 218 g/mol. The maximum atomic E-state index is 11.5. The molecule has 0 amide bonds. The van der Waals surface area contributed by atoms with E-state index in [2.05, 4.69) is 0 Å². The van der Waals surface area contributed by atoms with Crippen molar-refractivity contribution in [1.82, 2.24) is 4.40 Å². The molecule has 2 aromatic rings. The highest BCUT2D eigenvalue weighted by Crippen LogP contribution is 2.36. The molecule has 0 unspecified atom stereocenters. The minimum atomic E-state index is -0.877. The van der Waals surface area contributed by atoms with E-state index in [-0.39, 0.29) is 13.2 Å². The monoisotopic (exact) mass is 231 g/mol. The summed E-state index contributed by atoms with van der Waals surface area (Å²) in [7, 11) is 0. The molecule has 17 heavy (non-hydrogen) atoms. The van der Waals surface area contributed by atoms with Gasteiger partial charge in [-0.2, -0.15) is 0 Å². The number of carboxylic acids is 1. The molecule has 0 saturated carbocycles. The van der Waals surface area contributed by atoms with Gasteiger partial charge in [-0.25, -0.2) is 0 Å². The lowest BCUT2D eigenvalue weighted by molar-refractivity contribution is -0.163. The second-order valence-electron chi connectivity index (χ2n) is 4.55. The molecular formula is C13H13NO3. The molecule has 3 heterocycles. The van der Waals surface area contributed by atoms with Crippen LogP contribution < -0.4 is 0 Å². The minimum absolute atomic E-state index is 0.254. The number of nitrogens with zero attached hydrogens (tertiary/aromatic N) is 1. The number of aromatic nitrogens is 1. The highest BCUT2D eigenvalue weighted by molar-refractivity contribution is 5.83. The zero-order valence-corrected chi connectivity index (χ0v) is 9.51. The molecule has 0 spiro atoms. The van der Waals surface area contributed by atoms with Crippen molar-refractivity contribution >= 4 is 11.5 Å². The van der Waals surface area contributed by atoms with Gasteiger partial charge in [0.25, 0.3) is 0 Å². The minimum Gasteiger partial charge on any atom is -0.480 e. The third-order valence-corrected chi connectivity index (χ3v) is 3.43. The Balaban J connectivity index is 2.29. The van der Waals surface area contributed by atoms with Gasteiger partial charge in [0.15, 0.2) is 5.41 Å². The molecule has 1 aliphatic heterocycles. The number of hydrogen-bond acceptors (Lipinski definition) is 2. The summed E-state index contributed by atoms with van der Waals surface area (Å²) in [5.74, 6) is -0.810. The van der Waals surface area contributed by atoms with E-state index in [9.17, 15) is 9.90 Å². The van der Waals surface area contributed by atoms with E-state index in [4.69, 9.17) is 4.74 Å². The van der Waals surface area contributed by atoms with Gasteiger partial charge in [-0.1, -0.05) is 6.07 Å². The summed E-state index contributed by atoms with van der Waals surface area (Å²) in [6.45, 7) is 2.46. The molecule has 0 aliphatic carbocycles. The van der Waals surface area contributed by atoms with Crippen LogP contribution in [0, 0.1) is 6.92 Å². The van der Waals surface area contributed by atoms with Crippen LogP contribution in [0.15, 0.2) is 30.5 Å². The average molecular weight is 231 g/mol. The van der Waals surface area contributed by atoms with Gasteiger partial charge in [-0.3, -0.25) is 4.79 Å². The van der Waals surface area contributed by atoms with Gasteiger partial charge in [-0.15, -0.1) is 0 Å². The van der Waals surface area contributed by atoms with Crippen LogP contribution in [0.3, 0.4) is 0 Å². The lowest BCUT2D eigenvalue weighted by atomic mass is 9.81. The average Bonchev–Trinajstić information content (AvgIpc) is 2.54. The number of fused-ring (bicyclic) bond motifs is 1. The Morgan fingerprint density at radius 3 is 2.82 bits per heavy atom. The fraction of sp³-hybridized carbons (Fsp3) is 0.308. The number of pyridine rings is 1. The summed E-state index contributed by atoms with van der Waals surface area (Å²) in [5, 5.41) is 9.45. The van der Waals surface area contributed by atoms with E-state index in [1.54, 1.807) is 0 Å². The van der Waals surface area contributed by atoms with Crippen molar-refractivity contribution in [1.29, 1.82) is 0 Å². The van der Waals surface area contributed by atoms with E-state index >= 15 is 0 Å². The number of aliphatic carboxylic acids is 1. The summed E-state index contributed by atoms with van der Waals surface area (Å²) >= 11 is 0. The quantitative estimate of drug-likeness (QED) is 0.854. The summed E-state index contributed by atoms with van der Waals surface area (Å²) in [5.41, 5.74) is 1.99. The first-order valence-electron chi connectivity index (χ1n) is 5.53. The zero-order chi connectivity index (χ0) is 12.0. The summed E-state index contributed by atoms with van der Waals surface area (Å²) < 4.78 is 7.08. The van der Waals surface area contributed by atoms with Crippen LogP contribution in [-0.4, -0.2) is 28.7 Å². The van der Waals surface area contributed by atoms with Crippen LogP contribution in [0.5, 0.6) is 0 Å². The number of rotatable bonds is 2. The molecule has 4 nitrogen and oxygen atoms in total. The van der Waals surface area contributed by atoms with E-state index in [0.717, 1.165) is 16.8 Å². The maximum absolute atomic E-state index is 11.5. The summed E-state index contributed by atoms with van der Waals surface area (Å²) in [4.78, 5) is 11.5. The molecule has 1 aliphatic rings. The number of carbonyl (C=O) groups is 1. The van der Waals surface area contributed by atoms with Crippen molar-refractivity contribution in [2.45, 2.75) is 12.3 Å². The van der Waals surface area contributed by atoms with E-state index in [1.165, 1.54) is 0 Å². The van der Waals surface area contributed by atoms with Crippen LogP contribution in [0.2, 0.25) is 0 Å². The lowest BCUT2D eigenvalue weighted by Gasteiger charge is -2.37. The van der Waals surface area contributed by atoms with Crippen LogP contribution in [0.25, 0.3) is 5.52 Å². The SMILES string of the molecule is Cc1cc2ccccn2c1C1(C(=O)O)COC1. The van der Waals surface area contributed by atoms with Gasteiger partial charge in [0, 0.05) is 17.4 Å². The number of ether oxygens (including phenoxy) is 1. The van der Waals surface area contributed by atoms with Crippen LogP contribution >= 0.6 is 0 Å². The van der Waals surface area contributed by atoms with Gasteiger partial charge < -0.3 is 14.2 Å². The van der Waals surface area contributed by atoms with Gasteiger partial charge in [0.05, 0.1) is 13.2 Å². The lowest BCUT2D eigenvalue weighted by Crippen LogP contribution is -2.54. The molecule has 3 rings (SSSR count). The Morgan fingerprint density at radius 1 is 1.47 bits per heavy atom. The van der Waals surface area contributed by atoms with Gasteiger partial charge in [0.2, 0.25) is 0 Å². The van der Waals surface area contributed by atoms with E-state index < -0.39 is 11.4 Å². The third-order valence-electron chi connectivity index (χ3n) is 3.43. The molecule has 0 bridgehead atoms. The van der Waals surface area contributed by atoms with Crippen molar-refractivity contribution in [3.8, 4) is 0 Å². The molecule has 1 saturated heterocycles. The molecule has 0 aromatic carbocycles. The highest BCUT2D eigenvalue weighted by atomic mass is 16.5. The Bertz CT molecular complexity index is 596. The Hall–Kier alpha value is -1.81. The predicted molar refractivity (Wildman–Crippen MR) is 62.3 cm³/mol. The van der Waals surface area contributed by atoms with Gasteiger partial charge in [0.1, 0.15) is 0 Å². The molecule has 0 radical (unpaired) electrons.